The molecule has 0 radical (unpaired) electrons. The highest BCUT2D eigenvalue weighted by atomic mass is 16.7. The fraction of sp³-hybridized carbons (Fsp3) is 0.900. The number of aliphatic hydroxyl groups is 1. The lowest BCUT2D eigenvalue weighted by Gasteiger charge is -2.47. The molecule has 28 heavy (non-hydrogen) atoms. The predicted molar refractivity (Wildman–Crippen MR) is 98.9 cm³/mol. The van der Waals surface area contributed by atoms with Crippen LogP contribution in [-0.2, 0) is 33.3 Å². The van der Waals surface area contributed by atoms with Gasteiger partial charge in [-0.2, -0.15) is 0 Å². The van der Waals surface area contributed by atoms with Crippen molar-refractivity contribution in [3.05, 3.63) is 0 Å². The van der Waals surface area contributed by atoms with E-state index >= 15 is 0 Å². The molecule has 5 unspecified atom stereocenters. The van der Waals surface area contributed by atoms with Crippen LogP contribution in [0.5, 0.6) is 0 Å². The van der Waals surface area contributed by atoms with Gasteiger partial charge in [-0.15, -0.1) is 0 Å². The van der Waals surface area contributed by atoms with Gasteiger partial charge in [0.15, 0.2) is 18.7 Å². The van der Waals surface area contributed by atoms with E-state index in [1.807, 2.05) is 34.6 Å². The minimum Gasteiger partial charge on any atom is -0.463 e. The third-order valence-corrected chi connectivity index (χ3v) is 6.28. The lowest BCUT2D eigenvalue weighted by Crippen LogP contribution is -2.57. The van der Waals surface area contributed by atoms with E-state index in [9.17, 15) is 14.7 Å². The zero-order valence-electron chi connectivity index (χ0n) is 17.8. The molecule has 2 heterocycles. The van der Waals surface area contributed by atoms with Crippen molar-refractivity contribution in [3.8, 4) is 0 Å². The summed E-state index contributed by atoms with van der Waals surface area (Å²) in [6, 6.07) is 0. The molecule has 0 aromatic heterocycles. The van der Waals surface area contributed by atoms with Crippen LogP contribution in [-0.4, -0.2) is 60.6 Å². The van der Waals surface area contributed by atoms with Crippen molar-refractivity contribution in [2.24, 2.45) is 23.7 Å². The quantitative estimate of drug-likeness (QED) is 0.696. The fourth-order valence-corrected chi connectivity index (χ4v) is 3.87. The lowest BCUT2D eigenvalue weighted by molar-refractivity contribution is -0.338. The molecule has 0 bridgehead atoms. The molecule has 2 aliphatic heterocycles. The number of rotatable bonds is 5. The number of hydrogen-bond donors (Lipinski definition) is 1. The Kier molecular flexibility index (Phi) is 7.84. The molecule has 0 aliphatic carbocycles. The smallest absolute Gasteiger partial charge is 0.303 e. The second-order valence-corrected chi connectivity index (χ2v) is 8.19. The van der Waals surface area contributed by atoms with Crippen molar-refractivity contribution in [3.63, 3.8) is 0 Å². The lowest BCUT2D eigenvalue weighted by atomic mass is 9.82. The molecular formula is C20H34O8. The van der Waals surface area contributed by atoms with Crippen molar-refractivity contribution in [2.45, 2.75) is 85.5 Å². The second kappa shape index (κ2) is 9.52. The van der Waals surface area contributed by atoms with Crippen LogP contribution in [0.3, 0.4) is 0 Å². The largest absolute Gasteiger partial charge is 0.463 e. The Hall–Kier alpha value is -1.22. The van der Waals surface area contributed by atoms with Crippen LogP contribution < -0.4 is 0 Å². The fourth-order valence-electron chi connectivity index (χ4n) is 3.87. The van der Waals surface area contributed by atoms with Gasteiger partial charge in [0.1, 0.15) is 12.7 Å². The monoisotopic (exact) mass is 402 g/mol. The maximum atomic E-state index is 11.6. The highest BCUT2D eigenvalue weighted by Crippen LogP contribution is 2.37. The molecule has 2 rings (SSSR count). The van der Waals surface area contributed by atoms with Gasteiger partial charge in [-0.1, -0.05) is 27.7 Å². The highest BCUT2D eigenvalue weighted by molar-refractivity contribution is 5.66. The Balaban J connectivity index is 2.11. The Bertz CT molecular complexity index is 552. The van der Waals surface area contributed by atoms with E-state index in [1.54, 1.807) is 0 Å². The minimum atomic E-state index is -1.21. The Morgan fingerprint density at radius 3 is 2.04 bits per heavy atom. The highest BCUT2D eigenvalue weighted by Gasteiger charge is 2.48. The van der Waals surface area contributed by atoms with Gasteiger partial charge in [-0.05, 0) is 24.7 Å². The zero-order valence-corrected chi connectivity index (χ0v) is 17.8. The van der Waals surface area contributed by atoms with E-state index in [0.717, 1.165) is 0 Å². The van der Waals surface area contributed by atoms with Crippen LogP contribution in [0.2, 0.25) is 0 Å². The summed E-state index contributed by atoms with van der Waals surface area (Å²) in [5.41, 5.74) is 0. The summed E-state index contributed by atoms with van der Waals surface area (Å²) in [5.74, 6) is -0.717. The molecule has 2 fully saturated rings. The van der Waals surface area contributed by atoms with Crippen LogP contribution in [0.4, 0.5) is 0 Å². The number of esters is 2. The summed E-state index contributed by atoms with van der Waals surface area (Å²) < 4.78 is 28.3. The van der Waals surface area contributed by atoms with Crippen LogP contribution in [0.15, 0.2) is 0 Å². The van der Waals surface area contributed by atoms with Gasteiger partial charge in [0.2, 0.25) is 0 Å². The van der Waals surface area contributed by atoms with Gasteiger partial charge in [0, 0.05) is 19.8 Å². The van der Waals surface area contributed by atoms with E-state index in [1.165, 1.54) is 13.8 Å². The van der Waals surface area contributed by atoms with Gasteiger partial charge in [0.05, 0.1) is 12.2 Å². The predicted octanol–water partition coefficient (Wildman–Crippen LogP) is 1.87. The summed E-state index contributed by atoms with van der Waals surface area (Å²) in [6.45, 7) is 12.7. The van der Waals surface area contributed by atoms with Crippen molar-refractivity contribution in [2.75, 3.05) is 6.61 Å². The summed E-state index contributed by atoms with van der Waals surface area (Å²) >= 11 is 0. The molecule has 0 saturated carbocycles. The minimum absolute atomic E-state index is 0.0303. The number of hydrogen-bond acceptors (Lipinski definition) is 8. The van der Waals surface area contributed by atoms with Crippen molar-refractivity contribution < 1.29 is 38.4 Å². The standard InChI is InChI=1S/C20H34O8/c1-9-11(3)18(26-15(7)22)20(25-13(9)5)28-17-12(4)10(2)16(27-19(17)23)8-24-14(6)21/h9-13,16-20,23H,8H2,1-7H3/t9-,10+,11+,12+,13?,16?,17?,18?,19?,20+/m1/s1. The summed E-state index contributed by atoms with van der Waals surface area (Å²) in [6.07, 6.45) is -3.76. The molecule has 162 valence electrons. The third-order valence-electron chi connectivity index (χ3n) is 6.28. The van der Waals surface area contributed by atoms with E-state index < -0.39 is 42.8 Å². The zero-order chi connectivity index (χ0) is 21.2. The third kappa shape index (κ3) is 5.23. The normalized spacial score (nSPS) is 44.0. The van der Waals surface area contributed by atoms with Crippen molar-refractivity contribution in [1.29, 1.82) is 0 Å². The molecule has 8 heteroatoms. The molecule has 0 amide bonds. The molecule has 2 aliphatic rings. The first-order valence-electron chi connectivity index (χ1n) is 9.97. The van der Waals surface area contributed by atoms with E-state index in [-0.39, 0.29) is 36.4 Å². The second-order valence-electron chi connectivity index (χ2n) is 8.19. The van der Waals surface area contributed by atoms with Gasteiger partial charge in [0.25, 0.3) is 0 Å². The van der Waals surface area contributed by atoms with Gasteiger partial charge >= 0.3 is 11.9 Å². The van der Waals surface area contributed by atoms with Gasteiger partial charge in [-0.25, -0.2) is 0 Å². The molecule has 0 aromatic rings. The Morgan fingerprint density at radius 1 is 0.857 bits per heavy atom. The molecular weight excluding hydrogens is 368 g/mol. The number of ether oxygens (including phenoxy) is 5. The van der Waals surface area contributed by atoms with E-state index in [4.69, 9.17) is 23.7 Å². The Labute approximate surface area is 166 Å². The maximum Gasteiger partial charge on any atom is 0.303 e. The number of carbonyl (C=O) groups is 2. The maximum absolute atomic E-state index is 11.6. The van der Waals surface area contributed by atoms with E-state index in [2.05, 4.69) is 0 Å². The molecule has 10 atom stereocenters. The van der Waals surface area contributed by atoms with Crippen LogP contribution in [0, 0.1) is 23.7 Å². The molecule has 2 saturated heterocycles. The van der Waals surface area contributed by atoms with Crippen molar-refractivity contribution >= 4 is 11.9 Å². The first kappa shape index (κ1) is 23.1. The van der Waals surface area contributed by atoms with Crippen LogP contribution in [0.25, 0.3) is 0 Å². The number of carbonyl (C=O) groups excluding carboxylic acids is 2. The molecule has 0 spiro atoms. The molecule has 0 aromatic carbocycles. The Morgan fingerprint density at radius 2 is 1.46 bits per heavy atom. The summed E-state index contributed by atoms with van der Waals surface area (Å²) in [7, 11) is 0. The molecule has 1 N–H and O–H groups in total. The SMILES string of the molecule is CC(=O)OCC1OC(O)C(O[C@@H]2OC(C)[C@H](C)[C@H](C)C2OC(C)=O)[C@@H](C)[C@@H]1C. The first-order valence-corrected chi connectivity index (χ1v) is 9.97. The summed E-state index contributed by atoms with van der Waals surface area (Å²) in [5, 5.41) is 10.5. The van der Waals surface area contributed by atoms with Crippen molar-refractivity contribution in [1.82, 2.24) is 0 Å². The van der Waals surface area contributed by atoms with Crippen LogP contribution >= 0.6 is 0 Å². The van der Waals surface area contributed by atoms with E-state index in [0.29, 0.717) is 0 Å². The average molecular weight is 402 g/mol. The number of aliphatic hydroxyl groups excluding tert-OH is 1. The topological polar surface area (TPSA) is 101 Å². The molecule has 8 nitrogen and oxygen atoms in total. The van der Waals surface area contributed by atoms with Gasteiger partial charge < -0.3 is 28.8 Å². The first-order chi connectivity index (χ1) is 13.0. The van der Waals surface area contributed by atoms with Crippen LogP contribution in [0.1, 0.15) is 48.5 Å². The summed E-state index contributed by atoms with van der Waals surface area (Å²) in [4.78, 5) is 22.7. The van der Waals surface area contributed by atoms with Gasteiger partial charge in [-0.3, -0.25) is 9.59 Å². The average Bonchev–Trinajstić information content (AvgIpc) is 2.61.